The van der Waals surface area contributed by atoms with Crippen LogP contribution < -0.4 is 11.1 Å². The number of primary amides is 1. The molecule has 20 heavy (non-hydrogen) atoms. The average molecular weight is 275 g/mol. The van der Waals surface area contributed by atoms with E-state index in [1.807, 2.05) is 24.3 Å². The predicted molar refractivity (Wildman–Crippen MR) is 82.6 cm³/mol. The van der Waals surface area contributed by atoms with Gasteiger partial charge in [-0.05, 0) is 50.9 Å². The molecule has 4 nitrogen and oxygen atoms in total. The molecule has 4 heteroatoms. The van der Waals surface area contributed by atoms with E-state index in [1.54, 1.807) is 0 Å². The Morgan fingerprint density at radius 3 is 2.95 bits per heavy atom. The number of nitrogens with one attached hydrogen (secondary N) is 1. The summed E-state index contributed by atoms with van der Waals surface area (Å²) in [5, 5.41) is 3.57. The SMILES string of the molecule is CC(Nc1ccccc1CC(N)=O)C1CCCN(C)C1. The number of piperidine rings is 1. The first-order chi connectivity index (χ1) is 9.56. The van der Waals surface area contributed by atoms with Crippen LogP contribution in [0.15, 0.2) is 24.3 Å². The van der Waals surface area contributed by atoms with Gasteiger partial charge in [0, 0.05) is 18.3 Å². The zero-order valence-electron chi connectivity index (χ0n) is 12.4. The summed E-state index contributed by atoms with van der Waals surface area (Å²) in [6, 6.07) is 8.33. The van der Waals surface area contributed by atoms with Gasteiger partial charge in [0.15, 0.2) is 0 Å². The number of benzene rings is 1. The molecule has 1 aromatic carbocycles. The Hall–Kier alpha value is -1.55. The van der Waals surface area contributed by atoms with Crippen molar-refractivity contribution in [1.29, 1.82) is 0 Å². The first kappa shape index (κ1) is 14.9. The van der Waals surface area contributed by atoms with E-state index in [0.717, 1.165) is 17.8 Å². The molecule has 1 saturated heterocycles. The quantitative estimate of drug-likeness (QED) is 0.862. The number of carbonyl (C=O) groups excluding carboxylic acids is 1. The van der Waals surface area contributed by atoms with Crippen LogP contribution in [-0.2, 0) is 11.2 Å². The monoisotopic (exact) mass is 275 g/mol. The van der Waals surface area contributed by atoms with Gasteiger partial charge in [0.1, 0.15) is 0 Å². The second-order valence-electron chi connectivity index (χ2n) is 5.90. The Morgan fingerprint density at radius 1 is 1.50 bits per heavy atom. The van der Waals surface area contributed by atoms with Crippen molar-refractivity contribution in [2.45, 2.75) is 32.2 Å². The number of para-hydroxylation sites is 1. The molecule has 0 radical (unpaired) electrons. The van der Waals surface area contributed by atoms with Crippen LogP contribution in [0.5, 0.6) is 0 Å². The van der Waals surface area contributed by atoms with Gasteiger partial charge >= 0.3 is 0 Å². The van der Waals surface area contributed by atoms with Crippen LogP contribution in [0.2, 0.25) is 0 Å². The number of likely N-dealkylation sites (tertiary alicyclic amines) is 1. The molecule has 0 spiro atoms. The van der Waals surface area contributed by atoms with Crippen LogP contribution in [0.25, 0.3) is 0 Å². The van der Waals surface area contributed by atoms with E-state index in [-0.39, 0.29) is 5.91 Å². The van der Waals surface area contributed by atoms with Gasteiger partial charge in [-0.15, -0.1) is 0 Å². The summed E-state index contributed by atoms with van der Waals surface area (Å²) >= 11 is 0. The van der Waals surface area contributed by atoms with Crippen LogP contribution in [0, 0.1) is 5.92 Å². The van der Waals surface area contributed by atoms with E-state index in [4.69, 9.17) is 5.73 Å². The highest BCUT2D eigenvalue weighted by molar-refractivity contribution is 5.78. The predicted octanol–water partition coefficient (Wildman–Crippen LogP) is 1.86. The Balaban J connectivity index is 2.03. The van der Waals surface area contributed by atoms with Crippen molar-refractivity contribution < 1.29 is 4.79 Å². The number of hydrogen-bond donors (Lipinski definition) is 2. The first-order valence-corrected chi connectivity index (χ1v) is 7.37. The number of carbonyl (C=O) groups is 1. The average Bonchev–Trinajstić information content (AvgIpc) is 2.40. The topological polar surface area (TPSA) is 58.4 Å². The van der Waals surface area contributed by atoms with Crippen molar-refractivity contribution in [2.75, 3.05) is 25.5 Å². The summed E-state index contributed by atoms with van der Waals surface area (Å²) in [6.45, 7) is 4.55. The third kappa shape index (κ3) is 3.97. The van der Waals surface area contributed by atoms with Crippen LogP contribution >= 0.6 is 0 Å². The lowest BCUT2D eigenvalue weighted by Crippen LogP contribution is -2.40. The molecule has 1 aliphatic heterocycles. The van der Waals surface area contributed by atoms with Crippen LogP contribution in [-0.4, -0.2) is 37.0 Å². The maximum absolute atomic E-state index is 11.1. The van der Waals surface area contributed by atoms with Gasteiger partial charge < -0.3 is 16.0 Å². The van der Waals surface area contributed by atoms with Gasteiger partial charge in [-0.3, -0.25) is 4.79 Å². The van der Waals surface area contributed by atoms with Crippen LogP contribution in [0.4, 0.5) is 5.69 Å². The van der Waals surface area contributed by atoms with Crippen molar-refractivity contribution in [3.63, 3.8) is 0 Å². The smallest absolute Gasteiger partial charge is 0.221 e. The van der Waals surface area contributed by atoms with E-state index in [0.29, 0.717) is 18.4 Å². The number of nitrogens with zero attached hydrogens (tertiary/aromatic N) is 1. The Kier molecular flexibility index (Phi) is 5.01. The largest absolute Gasteiger partial charge is 0.382 e. The molecule has 2 unspecified atom stereocenters. The molecule has 1 fully saturated rings. The van der Waals surface area contributed by atoms with Gasteiger partial charge in [0.25, 0.3) is 0 Å². The number of anilines is 1. The zero-order valence-corrected chi connectivity index (χ0v) is 12.4. The van der Waals surface area contributed by atoms with Crippen molar-refractivity contribution in [2.24, 2.45) is 11.7 Å². The van der Waals surface area contributed by atoms with Crippen molar-refractivity contribution in [3.8, 4) is 0 Å². The van der Waals surface area contributed by atoms with Gasteiger partial charge in [0.2, 0.25) is 5.91 Å². The summed E-state index contributed by atoms with van der Waals surface area (Å²) in [6.07, 6.45) is 2.81. The minimum atomic E-state index is -0.288. The molecular formula is C16H25N3O. The number of rotatable bonds is 5. The molecule has 1 aliphatic rings. The van der Waals surface area contributed by atoms with Gasteiger partial charge in [-0.25, -0.2) is 0 Å². The molecule has 2 atom stereocenters. The summed E-state index contributed by atoms with van der Waals surface area (Å²) in [5.41, 5.74) is 7.33. The van der Waals surface area contributed by atoms with E-state index >= 15 is 0 Å². The second-order valence-corrected chi connectivity index (χ2v) is 5.90. The minimum Gasteiger partial charge on any atom is -0.382 e. The summed E-state index contributed by atoms with van der Waals surface area (Å²) < 4.78 is 0. The summed E-state index contributed by atoms with van der Waals surface area (Å²) in [4.78, 5) is 13.5. The molecule has 110 valence electrons. The summed E-state index contributed by atoms with van der Waals surface area (Å²) in [5.74, 6) is 0.361. The highest BCUT2D eigenvalue weighted by Crippen LogP contribution is 2.23. The minimum absolute atomic E-state index is 0.288. The molecule has 2 rings (SSSR count). The molecule has 0 aliphatic carbocycles. The fourth-order valence-corrected chi connectivity index (χ4v) is 2.98. The fourth-order valence-electron chi connectivity index (χ4n) is 2.98. The third-order valence-electron chi connectivity index (χ3n) is 4.13. The first-order valence-electron chi connectivity index (χ1n) is 7.37. The molecule has 1 amide bonds. The van der Waals surface area contributed by atoms with Crippen LogP contribution in [0.1, 0.15) is 25.3 Å². The Bertz CT molecular complexity index is 461. The van der Waals surface area contributed by atoms with Gasteiger partial charge in [0.05, 0.1) is 6.42 Å². The Morgan fingerprint density at radius 2 is 2.25 bits per heavy atom. The number of amides is 1. The molecular weight excluding hydrogens is 250 g/mol. The van der Waals surface area contributed by atoms with Crippen molar-refractivity contribution >= 4 is 11.6 Å². The lowest BCUT2D eigenvalue weighted by molar-refractivity contribution is -0.117. The van der Waals surface area contributed by atoms with E-state index in [1.165, 1.54) is 19.4 Å². The molecule has 1 aromatic rings. The van der Waals surface area contributed by atoms with Crippen molar-refractivity contribution in [1.82, 2.24) is 4.90 Å². The maximum atomic E-state index is 11.1. The van der Waals surface area contributed by atoms with Gasteiger partial charge in [-0.1, -0.05) is 18.2 Å². The maximum Gasteiger partial charge on any atom is 0.221 e. The Labute approximate surface area is 121 Å². The molecule has 3 N–H and O–H groups in total. The number of hydrogen-bond acceptors (Lipinski definition) is 3. The molecule has 0 aromatic heterocycles. The standard InChI is InChI=1S/C16H25N3O/c1-12(14-7-5-9-19(2)11-14)18-15-8-4-3-6-13(15)10-16(17)20/h3-4,6,8,12,14,18H,5,7,9-11H2,1-2H3,(H2,17,20). The van der Waals surface area contributed by atoms with Gasteiger partial charge in [-0.2, -0.15) is 0 Å². The van der Waals surface area contributed by atoms with E-state index < -0.39 is 0 Å². The van der Waals surface area contributed by atoms with Crippen molar-refractivity contribution in [3.05, 3.63) is 29.8 Å². The van der Waals surface area contributed by atoms with E-state index in [2.05, 4.69) is 24.2 Å². The molecule has 1 heterocycles. The van der Waals surface area contributed by atoms with Crippen LogP contribution in [0.3, 0.4) is 0 Å². The number of nitrogens with two attached hydrogens (primary N) is 1. The zero-order chi connectivity index (χ0) is 14.5. The lowest BCUT2D eigenvalue weighted by atomic mass is 9.91. The fraction of sp³-hybridized carbons (Fsp3) is 0.562. The highest BCUT2D eigenvalue weighted by atomic mass is 16.1. The third-order valence-corrected chi connectivity index (χ3v) is 4.13. The highest BCUT2D eigenvalue weighted by Gasteiger charge is 2.23. The molecule has 0 bridgehead atoms. The van der Waals surface area contributed by atoms with E-state index in [9.17, 15) is 4.79 Å². The molecule has 0 saturated carbocycles. The second kappa shape index (κ2) is 6.75. The summed E-state index contributed by atoms with van der Waals surface area (Å²) in [7, 11) is 2.18. The lowest BCUT2D eigenvalue weighted by Gasteiger charge is -2.34. The normalized spacial score (nSPS) is 21.4.